The summed E-state index contributed by atoms with van der Waals surface area (Å²) in [6.07, 6.45) is -23.4. The van der Waals surface area contributed by atoms with Crippen molar-refractivity contribution in [2.24, 2.45) is 5.41 Å². The Hall–Kier alpha value is -1.03. The summed E-state index contributed by atoms with van der Waals surface area (Å²) >= 11 is 0. The van der Waals surface area contributed by atoms with Crippen molar-refractivity contribution >= 4 is 0 Å². The summed E-state index contributed by atoms with van der Waals surface area (Å²) in [5.74, 6) is -4.02. The van der Waals surface area contributed by atoms with Gasteiger partial charge in [-0.3, -0.25) is 0 Å². The maximum Gasteiger partial charge on any atom is 0.418 e. The quantitative estimate of drug-likeness (QED) is 0.624. The monoisotopic (exact) mass is 282 g/mol. The van der Waals surface area contributed by atoms with Gasteiger partial charge in [0.05, 0.1) is 0 Å². The average molecular weight is 282 g/mol. The summed E-state index contributed by atoms with van der Waals surface area (Å²) in [5.41, 5.74) is -6.86. The van der Waals surface area contributed by atoms with Crippen LogP contribution in [0.2, 0.25) is 0 Å². The minimum atomic E-state index is -7.13. The van der Waals surface area contributed by atoms with Crippen LogP contribution < -0.4 is 0 Å². The van der Waals surface area contributed by atoms with Crippen LogP contribution in [0.3, 0.4) is 0 Å². The lowest BCUT2D eigenvalue weighted by atomic mass is 9.84. The van der Waals surface area contributed by atoms with E-state index in [-0.39, 0.29) is 0 Å². The lowest BCUT2D eigenvalue weighted by Gasteiger charge is -2.36. The van der Waals surface area contributed by atoms with Gasteiger partial charge < -0.3 is 0 Å². The average Bonchev–Trinajstić information content (AvgIpc) is 1.95. The standard InChI is InChI=1S/C6HF11/c7-1-2(8)3(4(9,10)11,5(12,13)14)6(15,16)17/h1H/b2-1+. The van der Waals surface area contributed by atoms with Crippen molar-refractivity contribution in [3.63, 3.8) is 0 Å². The highest BCUT2D eigenvalue weighted by Gasteiger charge is 2.86. The van der Waals surface area contributed by atoms with E-state index in [1.165, 1.54) is 0 Å². The molecule has 0 aliphatic rings. The maximum atomic E-state index is 12.3. The lowest BCUT2D eigenvalue weighted by Crippen LogP contribution is -2.60. The largest absolute Gasteiger partial charge is 0.418 e. The Balaban J connectivity index is 6.35. The molecule has 11 heteroatoms. The van der Waals surface area contributed by atoms with Crippen molar-refractivity contribution in [3.8, 4) is 0 Å². The van der Waals surface area contributed by atoms with Gasteiger partial charge in [-0.05, 0) is 0 Å². The summed E-state index contributed by atoms with van der Waals surface area (Å²) in [6, 6.07) is 0. The predicted molar refractivity (Wildman–Crippen MR) is 30.9 cm³/mol. The van der Waals surface area contributed by atoms with E-state index >= 15 is 0 Å². The van der Waals surface area contributed by atoms with Gasteiger partial charge in [-0.2, -0.15) is 39.5 Å². The summed E-state index contributed by atoms with van der Waals surface area (Å²) in [4.78, 5) is 0. The van der Waals surface area contributed by atoms with Gasteiger partial charge >= 0.3 is 23.9 Å². The van der Waals surface area contributed by atoms with Crippen LogP contribution in [0, 0.1) is 5.41 Å². The molecule has 0 atom stereocenters. The molecular weight excluding hydrogens is 281 g/mol. The number of alkyl halides is 9. The topological polar surface area (TPSA) is 0 Å². The molecule has 0 bridgehead atoms. The van der Waals surface area contributed by atoms with Crippen LogP contribution in [0.5, 0.6) is 0 Å². The predicted octanol–water partition coefficient (Wildman–Crippen LogP) is 4.44. The molecule has 0 radical (unpaired) electrons. The number of hydrogen-bond acceptors (Lipinski definition) is 0. The Kier molecular flexibility index (Phi) is 3.77. The van der Waals surface area contributed by atoms with Crippen LogP contribution >= 0.6 is 0 Å². The van der Waals surface area contributed by atoms with E-state index in [1.807, 2.05) is 0 Å². The van der Waals surface area contributed by atoms with E-state index in [0.29, 0.717) is 0 Å². The Bertz CT molecular complexity index is 263. The molecule has 0 aromatic carbocycles. The van der Waals surface area contributed by atoms with E-state index in [0.717, 1.165) is 0 Å². The molecule has 0 N–H and O–H groups in total. The van der Waals surface area contributed by atoms with Crippen LogP contribution in [-0.2, 0) is 0 Å². The third-order valence-corrected chi connectivity index (χ3v) is 1.73. The summed E-state index contributed by atoms with van der Waals surface area (Å²) in [7, 11) is 0. The molecule has 0 unspecified atom stereocenters. The van der Waals surface area contributed by atoms with Crippen LogP contribution in [0.4, 0.5) is 48.3 Å². The normalized spacial score (nSPS) is 16.3. The molecule has 0 saturated heterocycles. The molecule has 0 aromatic rings. The molecule has 17 heavy (non-hydrogen) atoms. The molecule has 0 aromatic heterocycles. The molecule has 0 fully saturated rings. The SMILES string of the molecule is F/C=C(/F)C(C(F)(F)F)(C(F)(F)F)C(F)(F)F. The van der Waals surface area contributed by atoms with E-state index in [1.54, 1.807) is 0 Å². The summed E-state index contributed by atoms with van der Waals surface area (Å²) in [6.45, 7) is 0. The summed E-state index contributed by atoms with van der Waals surface area (Å²) < 4.78 is 131. The van der Waals surface area contributed by atoms with Gasteiger partial charge in [0.1, 0.15) is 6.33 Å². The second-order valence-electron chi connectivity index (χ2n) is 2.70. The second-order valence-corrected chi connectivity index (χ2v) is 2.70. The number of hydrogen-bond donors (Lipinski definition) is 0. The Morgan fingerprint density at radius 2 is 0.882 bits per heavy atom. The highest BCUT2D eigenvalue weighted by atomic mass is 19.4. The van der Waals surface area contributed by atoms with Gasteiger partial charge in [-0.15, -0.1) is 0 Å². The molecule has 0 heterocycles. The third-order valence-electron chi connectivity index (χ3n) is 1.73. The van der Waals surface area contributed by atoms with E-state index in [4.69, 9.17) is 0 Å². The van der Waals surface area contributed by atoms with Crippen molar-refractivity contribution in [3.05, 3.63) is 12.2 Å². The van der Waals surface area contributed by atoms with E-state index in [9.17, 15) is 48.3 Å². The van der Waals surface area contributed by atoms with Crippen LogP contribution in [0.25, 0.3) is 0 Å². The fourth-order valence-corrected chi connectivity index (χ4v) is 0.970. The summed E-state index contributed by atoms with van der Waals surface area (Å²) in [5, 5.41) is 0. The van der Waals surface area contributed by atoms with Gasteiger partial charge in [0.15, 0.2) is 5.83 Å². The molecular formula is C6HF11. The lowest BCUT2D eigenvalue weighted by molar-refractivity contribution is -0.416. The second kappa shape index (κ2) is 4.02. The van der Waals surface area contributed by atoms with Crippen LogP contribution in [0.15, 0.2) is 12.2 Å². The maximum absolute atomic E-state index is 12.3. The highest BCUT2D eigenvalue weighted by Crippen LogP contribution is 2.63. The van der Waals surface area contributed by atoms with Gasteiger partial charge in [0.25, 0.3) is 0 Å². The zero-order valence-corrected chi connectivity index (χ0v) is 7.23. The van der Waals surface area contributed by atoms with Crippen molar-refractivity contribution in [1.82, 2.24) is 0 Å². The number of rotatable bonds is 1. The van der Waals surface area contributed by atoms with Gasteiger partial charge in [-0.1, -0.05) is 0 Å². The zero-order valence-electron chi connectivity index (χ0n) is 7.23. The first kappa shape index (κ1) is 16.0. The Morgan fingerprint density at radius 1 is 0.647 bits per heavy atom. The minimum absolute atomic E-state index is 2.02. The fourth-order valence-electron chi connectivity index (χ4n) is 0.970. The Labute approximate surface area is 85.7 Å². The molecule has 0 amide bonds. The molecule has 0 aliphatic heterocycles. The molecule has 0 spiro atoms. The van der Waals surface area contributed by atoms with Crippen molar-refractivity contribution in [2.45, 2.75) is 18.5 Å². The fraction of sp³-hybridized carbons (Fsp3) is 0.667. The first-order chi connectivity index (χ1) is 7.23. The highest BCUT2D eigenvalue weighted by molar-refractivity contribution is 5.17. The van der Waals surface area contributed by atoms with Crippen LogP contribution in [0.1, 0.15) is 0 Å². The third kappa shape index (κ3) is 2.18. The Morgan fingerprint density at radius 3 is 0.941 bits per heavy atom. The first-order valence-electron chi connectivity index (χ1n) is 3.40. The van der Waals surface area contributed by atoms with Crippen molar-refractivity contribution in [2.75, 3.05) is 0 Å². The number of allylic oxidation sites excluding steroid dienone is 1. The minimum Gasteiger partial charge on any atom is -0.213 e. The van der Waals surface area contributed by atoms with Crippen molar-refractivity contribution < 1.29 is 48.3 Å². The van der Waals surface area contributed by atoms with Crippen LogP contribution in [-0.4, -0.2) is 18.5 Å². The van der Waals surface area contributed by atoms with E-state index in [2.05, 4.69) is 0 Å². The van der Waals surface area contributed by atoms with Gasteiger partial charge in [0, 0.05) is 0 Å². The molecule has 0 rings (SSSR count). The smallest absolute Gasteiger partial charge is 0.213 e. The molecule has 102 valence electrons. The molecule has 0 saturated carbocycles. The number of halogens is 11. The van der Waals surface area contributed by atoms with Crippen molar-refractivity contribution in [1.29, 1.82) is 0 Å². The molecule has 0 nitrogen and oxygen atoms in total. The van der Waals surface area contributed by atoms with Gasteiger partial charge in [0.2, 0.25) is 0 Å². The van der Waals surface area contributed by atoms with E-state index < -0.39 is 36.1 Å². The first-order valence-corrected chi connectivity index (χ1v) is 3.40. The zero-order chi connectivity index (χ0) is 14.3. The molecule has 0 aliphatic carbocycles. The van der Waals surface area contributed by atoms with Gasteiger partial charge in [-0.25, -0.2) is 8.78 Å².